The van der Waals surface area contributed by atoms with Crippen LogP contribution in [0.15, 0.2) is 66.7 Å². The molecule has 29 heavy (non-hydrogen) atoms. The van der Waals surface area contributed by atoms with E-state index in [0.29, 0.717) is 16.6 Å². The van der Waals surface area contributed by atoms with Crippen LogP contribution in [0.4, 0.5) is 5.69 Å². The van der Waals surface area contributed by atoms with Crippen molar-refractivity contribution in [3.8, 4) is 16.9 Å². The quantitative estimate of drug-likeness (QED) is 0.522. The molecule has 0 bridgehead atoms. The van der Waals surface area contributed by atoms with Crippen molar-refractivity contribution in [3.05, 3.63) is 82.9 Å². The number of carbonyl (C=O) groups is 1. The lowest BCUT2D eigenvalue weighted by molar-refractivity contribution is 0.102. The molecular weight excluding hydrogens is 384 g/mol. The minimum absolute atomic E-state index is 0.193. The van der Waals surface area contributed by atoms with Crippen LogP contribution < -0.4 is 15.4 Å². The first-order valence-corrected chi connectivity index (χ1v) is 9.91. The summed E-state index contributed by atoms with van der Waals surface area (Å²) in [6, 6.07) is 21.2. The molecule has 2 N–H and O–H groups in total. The second-order valence-corrected chi connectivity index (χ2v) is 7.54. The summed E-state index contributed by atoms with van der Waals surface area (Å²) in [7, 11) is 1.68. The van der Waals surface area contributed by atoms with Crippen molar-refractivity contribution < 1.29 is 9.53 Å². The lowest BCUT2D eigenvalue weighted by Crippen LogP contribution is -2.22. The first-order chi connectivity index (χ1) is 14.0. The van der Waals surface area contributed by atoms with E-state index in [-0.39, 0.29) is 5.91 Å². The van der Waals surface area contributed by atoms with Gasteiger partial charge in [0.1, 0.15) is 5.75 Å². The fourth-order valence-corrected chi connectivity index (χ4v) is 3.21. The van der Waals surface area contributed by atoms with Crippen LogP contribution in [0.3, 0.4) is 0 Å². The molecule has 3 rings (SSSR count). The maximum absolute atomic E-state index is 12.5. The van der Waals surface area contributed by atoms with Crippen LogP contribution in [-0.4, -0.2) is 19.1 Å². The topological polar surface area (TPSA) is 50.4 Å². The van der Waals surface area contributed by atoms with Crippen LogP contribution in [0.2, 0.25) is 5.02 Å². The highest BCUT2D eigenvalue weighted by Crippen LogP contribution is 2.28. The number of hydrogen-bond donors (Lipinski definition) is 2. The number of benzene rings is 3. The van der Waals surface area contributed by atoms with Crippen molar-refractivity contribution in [1.29, 1.82) is 0 Å². The normalized spacial score (nSPS) is 10.8. The van der Waals surface area contributed by atoms with E-state index in [9.17, 15) is 4.79 Å². The molecule has 5 heteroatoms. The summed E-state index contributed by atoms with van der Waals surface area (Å²) in [4.78, 5) is 12.5. The molecule has 0 aliphatic carbocycles. The average molecular weight is 409 g/mol. The molecule has 150 valence electrons. The third-order valence-electron chi connectivity index (χ3n) is 4.52. The van der Waals surface area contributed by atoms with Gasteiger partial charge in [-0.25, -0.2) is 0 Å². The summed E-state index contributed by atoms with van der Waals surface area (Å²) in [6.45, 7) is 4.95. The molecule has 3 aromatic carbocycles. The van der Waals surface area contributed by atoms with Gasteiger partial charge in [-0.2, -0.15) is 0 Å². The summed E-state index contributed by atoms with van der Waals surface area (Å²) >= 11 is 5.99. The first-order valence-electron chi connectivity index (χ1n) is 9.54. The maximum Gasteiger partial charge on any atom is 0.255 e. The van der Waals surface area contributed by atoms with E-state index in [1.165, 1.54) is 0 Å². The molecule has 0 heterocycles. The molecular formula is C24H25ClN2O2. The predicted molar refractivity (Wildman–Crippen MR) is 120 cm³/mol. The van der Waals surface area contributed by atoms with E-state index in [0.717, 1.165) is 34.7 Å². The van der Waals surface area contributed by atoms with Crippen LogP contribution in [-0.2, 0) is 6.54 Å². The maximum atomic E-state index is 12.5. The number of anilines is 1. The minimum atomic E-state index is -0.193. The summed E-state index contributed by atoms with van der Waals surface area (Å²) in [5, 5.41) is 6.90. The minimum Gasteiger partial charge on any atom is -0.496 e. The highest BCUT2D eigenvalue weighted by molar-refractivity contribution is 6.31. The molecule has 0 unspecified atom stereocenters. The molecule has 1 amide bonds. The lowest BCUT2D eigenvalue weighted by atomic mass is 10.0. The van der Waals surface area contributed by atoms with Gasteiger partial charge in [0.2, 0.25) is 0 Å². The molecule has 3 aromatic rings. The highest BCUT2D eigenvalue weighted by atomic mass is 35.5. The van der Waals surface area contributed by atoms with E-state index >= 15 is 0 Å². The fourth-order valence-electron chi connectivity index (χ4n) is 3.02. The van der Waals surface area contributed by atoms with Gasteiger partial charge in [0.15, 0.2) is 0 Å². The summed E-state index contributed by atoms with van der Waals surface area (Å²) < 4.78 is 5.50. The average Bonchev–Trinajstić information content (AvgIpc) is 2.72. The lowest BCUT2D eigenvalue weighted by Gasteiger charge is -2.14. The molecule has 0 radical (unpaired) electrons. The number of hydrogen-bond acceptors (Lipinski definition) is 3. The molecule has 0 aliphatic heterocycles. The monoisotopic (exact) mass is 408 g/mol. The van der Waals surface area contributed by atoms with E-state index in [4.69, 9.17) is 16.3 Å². The molecule has 0 aromatic heterocycles. The Balaban J connectivity index is 1.83. The number of halogens is 1. The molecule has 0 atom stereocenters. The van der Waals surface area contributed by atoms with Crippen LogP contribution in [0, 0.1) is 0 Å². The molecule has 0 fully saturated rings. The van der Waals surface area contributed by atoms with Crippen LogP contribution in [0.25, 0.3) is 11.1 Å². The van der Waals surface area contributed by atoms with Gasteiger partial charge in [-0.05, 0) is 53.6 Å². The summed E-state index contributed by atoms with van der Waals surface area (Å²) in [5.41, 5.74) is 4.42. The zero-order valence-electron chi connectivity index (χ0n) is 16.8. The zero-order chi connectivity index (χ0) is 20.8. The Hall–Kier alpha value is -2.82. The Morgan fingerprint density at radius 1 is 1.00 bits per heavy atom. The van der Waals surface area contributed by atoms with Crippen molar-refractivity contribution in [2.45, 2.75) is 26.4 Å². The second-order valence-electron chi connectivity index (χ2n) is 7.11. The number of nitrogens with one attached hydrogen (secondary N) is 2. The second kappa shape index (κ2) is 9.59. The van der Waals surface area contributed by atoms with Crippen LogP contribution in [0.1, 0.15) is 29.8 Å². The fraction of sp³-hybridized carbons (Fsp3) is 0.208. The molecule has 0 aliphatic rings. The Labute approximate surface area is 176 Å². The smallest absolute Gasteiger partial charge is 0.255 e. The number of carbonyl (C=O) groups excluding carboxylic acids is 1. The van der Waals surface area contributed by atoms with Crippen molar-refractivity contribution in [2.24, 2.45) is 0 Å². The zero-order valence-corrected chi connectivity index (χ0v) is 17.6. The van der Waals surface area contributed by atoms with Gasteiger partial charge in [0.05, 0.1) is 7.11 Å². The molecule has 0 saturated carbocycles. The van der Waals surface area contributed by atoms with E-state index in [1.54, 1.807) is 31.4 Å². The highest BCUT2D eigenvalue weighted by Gasteiger charge is 2.10. The third kappa shape index (κ3) is 5.59. The Kier molecular flexibility index (Phi) is 6.91. The van der Waals surface area contributed by atoms with E-state index in [2.05, 4.69) is 30.5 Å². The van der Waals surface area contributed by atoms with Crippen molar-refractivity contribution in [2.75, 3.05) is 12.4 Å². The molecule has 0 saturated heterocycles. The van der Waals surface area contributed by atoms with Gasteiger partial charge in [-0.15, -0.1) is 0 Å². The van der Waals surface area contributed by atoms with Crippen molar-refractivity contribution >= 4 is 23.2 Å². The van der Waals surface area contributed by atoms with Gasteiger partial charge in [0, 0.05) is 34.4 Å². The van der Waals surface area contributed by atoms with E-state index in [1.807, 2.05) is 36.4 Å². The third-order valence-corrected chi connectivity index (χ3v) is 4.76. The van der Waals surface area contributed by atoms with E-state index < -0.39 is 0 Å². The van der Waals surface area contributed by atoms with Crippen molar-refractivity contribution in [1.82, 2.24) is 5.32 Å². The number of methoxy groups -OCH3 is 1. The van der Waals surface area contributed by atoms with Crippen LogP contribution >= 0.6 is 11.6 Å². The standard InChI is InChI=1S/C24H25ClN2O2/c1-16(2)26-15-20-12-18(10-11-23(20)29-3)17-6-5-9-22(14-17)27-24(28)19-7-4-8-21(25)13-19/h4-14,16,26H,15H2,1-3H3,(H,27,28). The number of ether oxygens (including phenoxy) is 1. The Morgan fingerprint density at radius 2 is 1.76 bits per heavy atom. The van der Waals surface area contributed by atoms with Gasteiger partial charge < -0.3 is 15.4 Å². The van der Waals surface area contributed by atoms with Gasteiger partial charge in [-0.3, -0.25) is 4.79 Å². The van der Waals surface area contributed by atoms with Crippen molar-refractivity contribution in [3.63, 3.8) is 0 Å². The number of rotatable bonds is 7. The summed E-state index contributed by atoms with van der Waals surface area (Å²) in [6.07, 6.45) is 0. The van der Waals surface area contributed by atoms with Gasteiger partial charge >= 0.3 is 0 Å². The number of amides is 1. The largest absolute Gasteiger partial charge is 0.496 e. The Bertz CT molecular complexity index is 1000. The molecule has 0 spiro atoms. The van der Waals surface area contributed by atoms with Crippen LogP contribution in [0.5, 0.6) is 5.75 Å². The molecule has 4 nitrogen and oxygen atoms in total. The SMILES string of the molecule is COc1ccc(-c2cccc(NC(=O)c3cccc(Cl)c3)c2)cc1CNC(C)C. The summed E-state index contributed by atoms with van der Waals surface area (Å²) in [5.74, 6) is 0.661. The van der Waals surface area contributed by atoms with Gasteiger partial charge in [-0.1, -0.05) is 49.7 Å². The van der Waals surface area contributed by atoms with Gasteiger partial charge in [0.25, 0.3) is 5.91 Å². The predicted octanol–water partition coefficient (Wildman–Crippen LogP) is 5.77. The Morgan fingerprint density at radius 3 is 2.48 bits per heavy atom. The first kappa shape index (κ1) is 20.9.